The first-order valence-electron chi connectivity index (χ1n) is 3.73. The molecule has 2 atom stereocenters. The summed E-state index contributed by atoms with van der Waals surface area (Å²) in [5.41, 5.74) is 5.67. The molecule has 2 fully saturated rings. The predicted octanol–water partition coefficient (Wildman–Crippen LogP) is 0.513. The van der Waals surface area contributed by atoms with Crippen LogP contribution in [-0.4, -0.2) is 18.8 Å². The normalized spacial score (nSPS) is 43.7. The van der Waals surface area contributed by atoms with E-state index in [9.17, 15) is 0 Å². The monoisotopic (exact) mass is 127 g/mol. The van der Waals surface area contributed by atoms with E-state index >= 15 is 0 Å². The molecule has 1 aliphatic heterocycles. The Morgan fingerprint density at radius 2 is 2.11 bits per heavy atom. The van der Waals surface area contributed by atoms with Crippen molar-refractivity contribution in [3.8, 4) is 0 Å². The fourth-order valence-electron chi connectivity index (χ4n) is 1.48. The van der Waals surface area contributed by atoms with Gasteiger partial charge in [-0.2, -0.15) is 0 Å². The third kappa shape index (κ3) is 1.10. The molecule has 1 saturated carbocycles. The van der Waals surface area contributed by atoms with E-state index in [0.717, 1.165) is 18.9 Å². The summed E-state index contributed by atoms with van der Waals surface area (Å²) in [5, 5.41) is 0. The molecule has 52 valence electrons. The van der Waals surface area contributed by atoms with Crippen LogP contribution in [0.15, 0.2) is 0 Å². The largest absolute Gasteiger partial charge is 0.376 e. The second-order valence-corrected chi connectivity index (χ2v) is 3.20. The molecule has 0 bridgehead atoms. The smallest absolute Gasteiger partial charge is 0.0622 e. The molecule has 1 aliphatic carbocycles. The van der Waals surface area contributed by atoms with Crippen LogP contribution in [0.2, 0.25) is 0 Å². The number of hydrogen-bond acceptors (Lipinski definition) is 2. The van der Waals surface area contributed by atoms with E-state index in [0.29, 0.717) is 12.1 Å². The maximum absolute atomic E-state index is 5.67. The highest BCUT2D eigenvalue weighted by Crippen LogP contribution is 2.38. The molecule has 2 nitrogen and oxygen atoms in total. The molecule has 2 heteroatoms. The lowest BCUT2D eigenvalue weighted by atomic mass is 10.1. The summed E-state index contributed by atoms with van der Waals surface area (Å²) < 4.78 is 5.46. The van der Waals surface area contributed by atoms with Crippen LogP contribution in [0.1, 0.15) is 19.3 Å². The fraction of sp³-hybridized carbons (Fsp3) is 1.00. The van der Waals surface area contributed by atoms with Crippen molar-refractivity contribution < 1.29 is 4.74 Å². The van der Waals surface area contributed by atoms with Crippen molar-refractivity contribution in [3.63, 3.8) is 0 Å². The van der Waals surface area contributed by atoms with E-state index in [1.807, 2.05) is 0 Å². The van der Waals surface area contributed by atoms with Crippen molar-refractivity contribution >= 4 is 0 Å². The van der Waals surface area contributed by atoms with Crippen molar-refractivity contribution in [1.29, 1.82) is 0 Å². The molecule has 2 rings (SSSR count). The molecule has 9 heavy (non-hydrogen) atoms. The SMILES string of the molecule is N[C@@H]1CO[C@@H](C2CC2)C1. The standard InChI is InChI=1S/C7H13NO/c8-6-3-7(9-4-6)5-1-2-5/h5-7H,1-4,8H2/t6-,7+/m0/s1. The van der Waals surface area contributed by atoms with Gasteiger partial charge in [-0.05, 0) is 25.2 Å². The maximum Gasteiger partial charge on any atom is 0.0622 e. The second-order valence-electron chi connectivity index (χ2n) is 3.20. The molecular weight excluding hydrogens is 114 g/mol. The summed E-state index contributed by atoms with van der Waals surface area (Å²) in [7, 11) is 0. The molecule has 0 unspecified atom stereocenters. The zero-order valence-corrected chi connectivity index (χ0v) is 5.55. The lowest BCUT2D eigenvalue weighted by molar-refractivity contribution is 0.0930. The lowest BCUT2D eigenvalue weighted by Crippen LogP contribution is -2.19. The molecule has 2 N–H and O–H groups in total. The quantitative estimate of drug-likeness (QED) is 0.557. The Morgan fingerprint density at radius 3 is 2.56 bits per heavy atom. The molecule has 0 aromatic rings. The van der Waals surface area contributed by atoms with Crippen molar-refractivity contribution in [1.82, 2.24) is 0 Å². The van der Waals surface area contributed by atoms with Crippen molar-refractivity contribution in [3.05, 3.63) is 0 Å². The van der Waals surface area contributed by atoms with Gasteiger partial charge in [0.1, 0.15) is 0 Å². The molecule has 1 heterocycles. The maximum atomic E-state index is 5.67. The van der Waals surface area contributed by atoms with Crippen LogP contribution in [0.5, 0.6) is 0 Å². The van der Waals surface area contributed by atoms with Crippen LogP contribution in [0.25, 0.3) is 0 Å². The predicted molar refractivity (Wildman–Crippen MR) is 35.1 cm³/mol. The van der Waals surface area contributed by atoms with E-state index < -0.39 is 0 Å². The van der Waals surface area contributed by atoms with E-state index in [1.165, 1.54) is 12.8 Å². The highest BCUT2D eigenvalue weighted by atomic mass is 16.5. The molecule has 0 spiro atoms. The first kappa shape index (κ1) is 5.69. The lowest BCUT2D eigenvalue weighted by Gasteiger charge is -2.04. The Kier molecular flexibility index (Phi) is 1.24. The molecule has 0 aromatic heterocycles. The number of rotatable bonds is 1. The van der Waals surface area contributed by atoms with Crippen molar-refractivity contribution in [2.45, 2.75) is 31.4 Å². The Bertz CT molecular complexity index is 111. The highest BCUT2D eigenvalue weighted by molar-refractivity contribution is 4.88. The average molecular weight is 127 g/mol. The molecular formula is C7H13NO. The van der Waals surface area contributed by atoms with E-state index in [4.69, 9.17) is 10.5 Å². The zero-order chi connectivity index (χ0) is 6.27. The molecule has 1 saturated heterocycles. The summed E-state index contributed by atoms with van der Waals surface area (Å²) in [6.45, 7) is 0.793. The van der Waals surface area contributed by atoms with Crippen LogP contribution in [0.3, 0.4) is 0 Å². The molecule has 0 radical (unpaired) electrons. The minimum absolute atomic E-state index is 0.329. The highest BCUT2D eigenvalue weighted by Gasteiger charge is 2.36. The van der Waals surface area contributed by atoms with Crippen LogP contribution in [0.4, 0.5) is 0 Å². The van der Waals surface area contributed by atoms with Gasteiger partial charge in [-0.25, -0.2) is 0 Å². The van der Waals surface area contributed by atoms with Crippen LogP contribution >= 0.6 is 0 Å². The fourth-order valence-corrected chi connectivity index (χ4v) is 1.48. The second kappa shape index (κ2) is 1.96. The van der Waals surface area contributed by atoms with E-state index in [1.54, 1.807) is 0 Å². The summed E-state index contributed by atoms with van der Waals surface area (Å²) in [4.78, 5) is 0. The molecule has 0 amide bonds. The van der Waals surface area contributed by atoms with E-state index in [-0.39, 0.29) is 0 Å². The molecule has 2 aliphatic rings. The van der Waals surface area contributed by atoms with Crippen LogP contribution in [0, 0.1) is 5.92 Å². The van der Waals surface area contributed by atoms with Gasteiger partial charge in [-0.3, -0.25) is 0 Å². The first-order valence-corrected chi connectivity index (χ1v) is 3.73. The number of nitrogens with two attached hydrogens (primary N) is 1. The molecule has 0 aromatic carbocycles. The van der Waals surface area contributed by atoms with Gasteiger partial charge in [-0.15, -0.1) is 0 Å². The minimum atomic E-state index is 0.329. The third-order valence-electron chi connectivity index (χ3n) is 2.21. The number of ether oxygens (including phenoxy) is 1. The van der Waals surface area contributed by atoms with Crippen molar-refractivity contribution in [2.24, 2.45) is 11.7 Å². The Hall–Kier alpha value is -0.0800. The first-order chi connectivity index (χ1) is 4.36. The minimum Gasteiger partial charge on any atom is -0.376 e. The van der Waals surface area contributed by atoms with Gasteiger partial charge in [0.05, 0.1) is 12.7 Å². The topological polar surface area (TPSA) is 35.2 Å². The number of hydrogen-bond donors (Lipinski definition) is 1. The third-order valence-corrected chi connectivity index (χ3v) is 2.21. The average Bonchev–Trinajstić information content (AvgIpc) is 2.58. The van der Waals surface area contributed by atoms with Gasteiger partial charge >= 0.3 is 0 Å². The van der Waals surface area contributed by atoms with Gasteiger partial charge in [0.25, 0.3) is 0 Å². The van der Waals surface area contributed by atoms with Crippen molar-refractivity contribution in [2.75, 3.05) is 6.61 Å². The summed E-state index contributed by atoms with van der Waals surface area (Å²) >= 11 is 0. The van der Waals surface area contributed by atoms with Gasteiger partial charge in [-0.1, -0.05) is 0 Å². The van der Waals surface area contributed by atoms with Gasteiger partial charge in [0.15, 0.2) is 0 Å². The zero-order valence-electron chi connectivity index (χ0n) is 5.55. The summed E-state index contributed by atoms with van der Waals surface area (Å²) in [6, 6.07) is 0.329. The summed E-state index contributed by atoms with van der Waals surface area (Å²) in [6.07, 6.45) is 4.37. The van der Waals surface area contributed by atoms with E-state index in [2.05, 4.69) is 0 Å². The van der Waals surface area contributed by atoms with Gasteiger partial charge in [0, 0.05) is 6.04 Å². The van der Waals surface area contributed by atoms with Crippen LogP contribution < -0.4 is 5.73 Å². The van der Waals surface area contributed by atoms with Crippen LogP contribution in [-0.2, 0) is 4.74 Å². The Morgan fingerprint density at radius 1 is 1.33 bits per heavy atom. The Labute approximate surface area is 55.4 Å². The van der Waals surface area contributed by atoms with Gasteiger partial charge in [0.2, 0.25) is 0 Å². The van der Waals surface area contributed by atoms with Gasteiger partial charge < -0.3 is 10.5 Å². The summed E-state index contributed by atoms with van der Waals surface area (Å²) in [5.74, 6) is 0.874. The Balaban J connectivity index is 1.86.